The van der Waals surface area contributed by atoms with Gasteiger partial charge in [0.1, 0.15) is 5.82 Å². The second kappa shape index (κ2) is 4.60. The van der Waals surface area contributed by atoms with Crippen molar-refractivity contribution in [2.45, 2.75) is 0 Å². The van der Waals surface area contributed by atoms with Crippen LogP contribution in [0.4, 0.5) is 10.1 Å². The number of nitrogens with zero attached hydrogens (tertiary/aromatic N) is 3. The summed E-state index contributed by atoms with van der Waals surface area (Å²) in [6.07, 6.45) is 0. The van der Waals surface area contributed by atoms with Gasteiger partial charge >= 0.3 is 5.69 Å². The van der Waals surface area contributed by atoms with Crippen molar-refractivity contribution in [2.24, 2.45) is 0 Å². The van der Waals surface area contributed by atoms with Crippen LogP contribution in [-0.2, 0) is 0 Å². The van der Waals surface area contributed by atoms with Crippen LogP contribution in [0.15, 0.2) is 33.5 Å². The van der Waals surface area contributed by atoms with E-state index in [1.165, 1.54) is 18.2 Å². The number of hydrogen-bond donors (Lipinski definition) is 2. The SMILES string of the molecule is Nc1cc(Br)c(F)cc1Oc1ccc2n[nH]c(=O)n2n1. The maximum Gasteiger partial charge on any atom is 0.364 e. The molecule has 0 aliphatic carbocycles. The van der Waals surface area contributed by atoms with E-state index in [0.717, 1.165) is 10.6 Å². The summed E-state index contributed by atoms with van der Waals surface area (Å²) in [5, 5.41) is 9.89. The van der Waals surface area contributed by atoms with Gasteiger partial charge in [0.15, 0.2) is 11.4 Å². The highest BCUT2D eigenvalue weighted by Gasteiger charge is 2.10. The highest BCUT2D eigenvalue weighted by Crippen LogP contribution is 2.31. The van der Waals surface area contributed by atoms with Crippen LogP contribution in [0.25, 0.3) is 5.65 Å². The molecule has 0 unspecified atom stereocenters. The van der Waals surface area contributed by atoms with E-state index in [9.17, 15) is 9.18 Å². The van der Waals surface area contributed by atoms with E-state index in [2.05, 4.69) is 31.2 Å². The Hall–Kier alpha value is -2.42. The van der Waals surface area contributed by atoms with E-state index in [1.54, 1.807) is 0 Å². The summed E-state index contributed by atoms with van der Waals surface area (Å²) in [7, 11) is 0. The highest BCUT2D eigenvalue weighted by atomic mass is 79.9. The Morgan fingerprint density at radius 3 is 3.00 bits per heavy atom. The van der Waals surface area contributed by atoms with Gasteiger partial charge in [-0.25, -0.2) is 14.3 Å². The normalized spacial score (nSPS) is 10.9. The molecule has 2 heterocycles. The molecule has 20 heavy (non-hydrogen) atoms. The van der Waals surface area contributed by atoms with E-state index in [-0.39, 0.29) is 21.8 Å². The molecule has 3 aromatic rings. The minimum atomic E-state index is -0.518. The second-order valence-electron chi connectivity index (χ2n) is 3.88. The van der Waals surface area contributed by atoms with Gasteiger partial charge in [0.05, 0.1) is 10.2 Å². The van der Waals surface area contributed by atoms with Crippen LogP contribution in [0.2, 0.25) is 0 Å². The molecule has 0 radical (unpaired) electrons. The topological polar surface area (TPSA) is 98.3 Å². The molecule has 9 heteroatoms. The number of H-pyrrole nitrogens is 1. The number of nitrogens with one attached hydrogen (secondary N) is 1. The third-order valence-electron chi connectivity index (χ3n) is 2.52. The molecular formula is C11H7BrFN5O2. The summed E-state index contributed by atoms with van der Waals surface area (Å²) in [5.74, 6) is -0.320. The Morgan fingerprint density at radius 2 is 2.20 bits per heavy atom. The molecule has 3 N–H and O–H groups in total. The molecule has 0 saturated carbocycles. The maximum absolute atomic E-state index is 13.5. The molecule has 3 rings (SSSR count). The van der Waals surface area contributed by atoms with Crippen molar-refractivity contribution in [2.75, 3.05) is 5.73 Å². The first kappa shape index (κ1) is 12.6. The third-order valence-corrected chi connectivity index (χ3v) is 3.12. The van der Waals surface area contributed by atoms with Crippen molar-refractivity contribution in [3.8, 4) is 11.6 Å². The standard InChI is InChI=1S/C11H7BrFN5O2/c12-5-3-7(14)8(4-6(5)13)20-10-2-1-9-15-16-11(19)18(9)17-10/h1-4H,14H2,(H,16,19). The van der Waals surface area contributed by atoms with Crippen LogP contribution in [0, 0.1) is 5.82 Å². The van der Waals surface area contributed by atoms with E-state index in [0.29, 0.717) is 5.65 Å². The first-order valence-corrected chi connectivity index (χ1v) is 6.21. The van der Waals surface area contributed by atoms with Crippen molar-refractivity contribution in [1.82, 2.24) is 19.8 Å². The molecule has 0 atom stereocenters. The predicted molar refractivity (Wildman–Crippen MR) is 72.2 cm³/mol. The Bertz CT molecular complexity index is 860. The number of nitrogens with two attached hydrogens (primary N) is 1. The molecule has 0 aliphatic heterocycles. The van der Waals surface area contributed by atoms with Crippen molar-refractivity contribution in [3.05, 3.63) is 45.0 Å². The minimum Gasteiger partial charge on any atom is -0.435 e. The number of aromatic nitrogens is 4. The number of benzene rings is 1. The van der Waals surface area contributed by atoms with E-state index < -0.39 is 11.5 Å². The largest absolute Gasteiger partial charge is 0.435 e. The molecule has 0 aliphatic rings. The van der Waals surface area contributed by atoms with Crippen molar-refractivity contribution in [3.63, 3.8) is 0 Å². The van der Waals surface area contributed by atoms with Crippen LogP contribution in [0.3, 0.4) is 0 Å². The first-order chi connectivity index (χ1) is 9.54. The van der Waals surface area contributed by atoms with E-state index in [4.69, 9.17) is 10.5 Å². The van der Waals surface area contributed by atoms with Crippen molar-refractivity contribution >= 4 is 27.3 Å². The summed E-state index contributed by atoms with van der Waals surface area (Å²) >= 11 is 3.02. The highest BCUT2D eigenvalue weighted by molar-refractivity contribution is 9.10. The lowest BCUT2D eigenvalue weighted by Crippen LogP contribution is -2.12. The van der Waals surface area contributed by atoms with Crippen LogP contribution in [-0.4, -0.2) is 19.8 Å². The zero-order valence-electron chi connectivity index (χ0n) is 9.80. The van der Waals surface area contributed by atoms with Crippen LogP contribution in [0.1, 0.15) is 0 Å². The number of halogens is 2. The lowest BCUT2D eigenvalue weighted by atomic mass is 10.3. The second-order valence-corrected chi connectivity index (χ2v) is 4.73. The number of rotatable bonds is 2. The lowest BCUT2D eigenvalue weighted by Gasteiger charge is -2.08. The Labute approximate surface area is 119 Å². The first-order valence-electron chi connectivity index (χ1n) is 5.41. The van der Waals surface area contributed by atoms with Gasteiger partial charge < -0.3 is 10.5 Å². The number of anilines is 1. The van der Waals surface area contributed by atoms with E-state index >= 15 is 0 Å². The maximum atomic E-state index is 13.5. The zero-order valence-corrected chi connectivity index (χ0v) is 11.4. The Kier molecular flexibility index (Phi) is 2.90. The minimum absolute atomic E-state index is 0.0921. The summed E-state index contributed by atoms with van der Waals surface area (Å²) in [6, 6.07) is 5.54. The van der Waals surface area contributed by atoms with Crippen molar-refractivity contribution in [1.29, 1.82) is 0 Å². The number of ether oxygens (including phenoxy) is 1. The van der Waals surface area contributed by atoms with Gasteiger partial charge in [0.25, 0.3) is 0 Å². The molecule has 0 spiro atoms. The molecule has 0 saturated heterocycles. The molecule has 0 amide bonds. The fraction of sp³-hybridized carbons (Fsp3) is 0. The number of aromatic amines is 1. The van der Waals surface area contributed by atoms with Gasteiger partial charge in [-0.3, -0.25) is 0 Å². The van der Waals surface area contributed by atoms with Crippen LogP contribution < -0.4 is 16.2 Å². The number of nitrogen functional groups attached to an aromatic ring is 1. The van der Waals surface area contributed by atoms with Gasteiger partial charge in [-0.15, -0.1) is 5.10 Å². The third kappa shape index (κ3) is 2.11. The van der Waals surface area contributed by atoms with Gasteiger partial charge in [0, 0.05) is 12.1 Å². The van der Waals surface area contributed by atoms with Gasteiger partial charge in [-0.2, -0.15) is 9.61 Å². The average molecular weight is 340 g/mol. The molecule has 2 aromatic heterocycles. The fourth-order valence-corrected chi connectivity index (χ4v) is 1.95. The average Bonchev–Trinajstić information content (AvgIpc) is 2.78. The summed E-state index contributed by atoms with van der Waals surface area (Å²) in [6.45, 7) is 0. The fourth-order valence-electron chi connectivity index (χ4n) is 1.59. The van der Waals surface area contributed by atoms with Gasteiger partial charge in [-0.1, -0.05) is 0 Å². The molecular weight excluding hydrogens is 333 g/mol. The molecule has 102 valence electrons. The molecule has 1 aromatic carbocycles. The summed E-state index contributed by atoms with van der Waals surface area (Å²) < 4.78 is 20.1. The summed E-state index contributed by atoms with van der Waals surface area (Å²) in [4.78, 5) is 11.4. The van der Waals surface area contributed by atoms with Crippen LogP contribution >= 0.6 is 15.9 Å². The monoisotopic (exact) mass is 339 g/mol. The quantitative estimate of drug-likeness (QED) is 0.692. The zero-order chi connectivity index (χ0) is 14.3. The smallest absolute Gasteiger partial charge is 0.364 e. The lowest BCUT2D eigenvalue weighted by molar-refractivity contribution is 0.449. The Morgan fingerprint density at radius 1 is 1.40 bits per heavy atom. The molecule has 0 bridgehead atoms. The Balaban J connectivity index is 2.02. The predicted octanol–water partition coefficient (Wildman–Crippen LogP) is 1.69. The van der Waals surface area contributed by atoms with Crippen LogP contribution in [0.5, 0.6) is 11.6 Å². The number of fused-ring (bicyclic) bond motifs is 1. The van der Waals surface area contributed by atoms with Crippen molar-refractivity contribution < 1.29 is 9.13 Å². The van der Waals surface area contributed by atoms with Gasteiger partial charge in [0.2, 0.25) is 5.88 Å². The number of hydrogen-bond acceptors (Lipinski definition) is 5. The van der Waals surface area contributed by atoms with Gasteiger partial charge in [-0.05, 0) is 28.1 Å². The molecule has 0 fully saturated rings. The van der Waals surface area contributed by atoms with E-state index in [1.807, 2.05) is 0 Å². The molecule has 7 nitrogen and oxygen atoms in total. The summed E-state index contributed by atoms with van der Waals surface area (Å²) in [5.41, 5.74) is 5.81.